The zero-order valence-corrected chi connectivity index (χ0v) is 11.8. The predicted octanol–water partition coefficient (Wildman–Crippen LogP) is 1.65. The summed E-state index contributed by atoms with van der Waals surface area (Å²) in [5.41, 5.74) is 2.26. The number of allylic oxidation sites excluding steroid dienone is 2. The highest BCUT2D eigenvalue weighted by Crippen LogP contribution is 2.21. The van der Waals surface area contributed by atoms with Crippen molar-refractivity contribution in [3.63, 3.8) is 0 Å². The van der Waals surface area contributed by atoms with Crippen LogP contribution in [0.3, 0.4) is 0 Å². The van der Waals surface area contributed by atoms with E-state index in [4.69, 9.17) is 4.74 Å². The molecule has 0 atom stereocenters. The molecule has 2 aliphatic rings. The fourth-order valence-corrected chi connectivity index (χ4v) is 2.84. The van der Waals surface area contributed by atoms with Crippen LogP contribution in [0.4, 0.5) is 0 Å². The first kappa shape index (κ1) is 12.5. The fourth-order valence-electron chi connectivity index (χ4n) is 2.84. The average Bonchev–Trinajstić information content (AvgIpc) is 3.00. The maximum absolute atomic E-state index is 5.42. The molecule has 21 heavy (non-hydrogen) atoms. The minimum Gasteiger partial charge on any atom is -0.378 e. The van der Waals surface area contributed by atoms with Gasteiger partial charge in [-0.15, -0.1) is 0 Å². The summed E-state index contributed by atoms with van der Waals surface area (Å²) in [6.45, 7) is 4.29. The molecule has 1 aromatic carbocycles. The monoisotopic (exact) mass is 282 g/mol. The Morgan fingerprint density at radius 1 is 1.14 bits per heavy atom. The smallest absolute Gasteiger partial charge is 0.104 e. The number of ether oxygens (including phenoxy) is 1. The summed E-state index contributed by atoms with van der Waals surface area (Å²) in [5.74, 6) is 1.16. The summed E-state index contributed by atoms with van der Waals surface area (Å²) in [6, 6.07) is 8.29. The molecule has 1 saturated heterocycles. The van der Waals surface area contributed by atoms with Gasteiger partial charge in [0.1, 0.15) is 5.82 Å². The van der Waals surface area contributed by atoms with E-state index in [1.54, 1.807) is 0 Å². The molecule has 4 rings (SSSR count). The van der Waals surface area contributed by atoms with Crippen LogP contribution >= 0.6 is 0 Å². The number of fused-ring (bicyclic) bond motifs is 1. The van der Waals surface area contributed by atoms with Crippen LogP contribution in [0.1, 0.15) is 0 Å². The van der Waals surface area contributed by atoms with Crippen molar-refractivity contribution in [2.75, 3.05) is 32.8 Å². The van der Waals surface area contributed by atoms with Gasteiger partial charge in [0.25, 0.3) is 0 Å². The van der Waals surface area contributed by atoms with E-state index in [0.717, 1.165) is 49.9 Å². The van der Waals surface area contributed by atoms with Gasteiger partial charge in [0, 0.05) is 31.1 Å². The van der Waals surface area contributed by atoms with E-state index in [1.807, 2.05) is 16.9 Å². The summed E-state index contributed by atoms with van der Waals surface area (Å²) >= 11 is 0. The number of rotatable bonds is 2. The van der Waals surface area contributed by atoms with E-state index in [2.05, 4.69) is 45.7 Å². The Kier molecular flexibility index (Phi) is 3.12. The molecular formula is C16H18N4O. The molecule has 1 N–H and O–H groups in total. The van der Waals surface area contributed by atoms with Crippen molar-refractivity contribution in [2.24, 2.45) is 0 Å². The van der Waals surface area contributed by atoms with Gasteiger partial charge in [-0.1, -0.05) is 18.2 Å². The molecule has 0 aliphatic carbocycles. The van der Waals surface area contributed by atoms with Crippen LogP contribution in [0.5, 0.6) is 0 Å². The summed E-state index contributed by atoms with van der Waals surface area (Å²) in [6.07, 6.45) is 6.26. The first-order valence-electron chi connectivity index (χ1n) is 7.33. The lowest BCUT2D eigenvalue weighted by atomic mass is 10.2. The molecule has 2 aliphatic heterocycles. The van der Waals surface area contributed by atoms with Gasteiger partial charge < -0.3 is 15.0 Å². The van der Waals surface area contributed by atoms with Crippen molar-refractivity contribution >= 4 is 16.6 Å². The molecule has 0 radical (unpaired) electrons. The molecule has 0 amide bonds. The maximum atomic E-state index is 5.42. The van der Waals surface area contributed by atoms with Crippen LogP contribution in [-0.4, -0.2) is 47.5 Å². The number of para-hydroxylation sites is 1. The summed E-state index contributed by atoms with van der Waals surface area (Å²) in [7, 11) is 0. The van der Waals surface area contributed by atoms with Crippen LogP contribution in [0.15, 0.2) is 48.4 Å². The molecule has 2 aromatic rings. The second-order valence-corrected chi connectivity index (χ2v) is 5.25. The van der Waals surface area contributed by atoms with Crippen molar-refractivity contribution in [1.82, 2.24) is 20.0 Å². The topological polar surface area (TPSA) is 42.3 Å². The van der Waals surface area contributed by atoms with Crippen LogP contribution in [0.25, 0.3) is 16.6 Å². The normalized spacial score (nSPS) is 19.1. The van der Waals surface area contributed by atoms with Gasteiger partial charge in [-0.2, -0.15) is 5.10 Å². The Bertz CT molecular complexity index is 710. The number of benzene rings is 1. The minimum absolute atomic E-state index is 0.794. The van der Waals surface area contributed by atoms with Crippen LogP contribution in [0, 0.1) is 0 Å². The molecule has 5 heteroatoms. The molecule has 5 nitrogen and oxygen atoms in total. The van der Waals surface area contributed by atoms with Crippen molar-refractivity contribution in [2.45, 2.75) is 0 Å². The number of dihydropyridines is 1. The fraction of sp³-hybridized carbons (Fsp3) is 0.312. The SMILES string of the molecule is C1=C(N2CCOCC2)NCC=C1n1ncc2ccccc21. The highest BCUT2D eigenvalue weighted by atomic mass is 16.5. The number of nitrogens with one attached hydrogen (secondary N) is 1. The summed E-state index contributed by atoms with van der Waals surface area (Å²) < 4.78 is 7.43. The van der Waals surface area contributed by atoms with E-state index in [-0.39, 0.29) is 0 Å². The summed E-state index contributed by atoms with van der Waals surface area (Å²) in [5, 5.41) is 9.14. The van der Waals surface area contributed by atoms with Gasteiger partial charge >= 0.3 is 0 Å². The van der Waals surface area contributed by atoms with Gasteiger partial charge in [-0.05, 0) is 12.1 Å². The highest BCUT2D eigenvalue weighted by Gasteiger charge is 2.17. The average molecular weight is 282 g/mol. The minimum atomic E-state index is 0.794. The van der Waals surface area contributed by atoms with Crippen LogP contribution < -0.4 is 5.32 Å². The van der Waals surface area contributed by atoms with Crippen LogP contribution in [0.2, 0.25) is 0 Å². The third-order valence-electron chi connectivity index (χ3n) is 3.95. The molecule has 0 bridgehead atoms. The number of aromatic nitrogens is 2. The Hall–Kier alpha value is -2.27. The molecule has 0 spiro atoms. The lowest BCUT2D eigenvalue weighted by Crippen LogP contribution is -2.41. The third kappa shape index (κ3) is 2.29. The third-order valence-corrected chi connectivity index (χ3v) is 3.95. The van der Waals surface area contributed by atoms with E-state index < -0.39 is 0 Å². The molecule has 0 unspecified atom stereocenters. The quantitative estimate of drug-likeness (QED) is 0.909. The number of hydrogen-bond donors (Lipinski definition) is 1. The molecule has 3 heterocycles. The van der Waals surface area contributed by atoms with Crippen molar-refractivity contribution < 1.29 is 4.74 Å². The molecule has 1 aromatic heterocycles. The first-order chi connectivity index (χ1) is 10.4. The number of morpholine rings is 1. The zero-order valence-electron chi connectivity index (χ0n) is 11.8. The van der Waals surface area contributed by atoms with Gasteiger partial charge in [0.05, 0.1) is 30.6 Å². The molecular weight excluding hydrogens is 264 g/mol. The van der Waals surface area contributed by atoms with Crippen molar-refractivity contribution in [1.29, 1.82) is 0 Å². The maximum Gasteiger partial charge on any atom is 0.104 e. The highest BCUT2D eigenvalue weighted by molar-refractivity contribution is 5.83. The Morgan fingerprint density at radius 2 is 2.00 bits per heavy atom. The largest absolute Gasteiger partial charge is 0.378 e. The second-order valence-electron chi connectivity index (χ2n) is 5.25. The van der Waals surface area contributed by atoms with E-state index in [9.17, 15) is 0 Å². The Labute approximate surface area is 123 Å². The van der Waals surface area contributed by atoms with Crippen molar-refractivity contribution in [3.05, 3.63) is 48.4 Å². The predicted molar refractivity (Wildman–Crippen MR) is 82.5 cm³/mol. The summed E-state index contributed by atoms with van der Waals surface area (Å²) in [4.78, 5) is 2.34. The van der Waals surface area contributed by atoms with Crippen molar-refractivity contribution in [3.8, 4) is 0 Å². The standard InChI is InChI=1S/C16H18N4O/c1-2-4-15-13(3-1)12-18-20(15)14-5-6-17-16(11-14)19-7-9-21-10-8-19/h1-5,11-12,17H,6-10H2. The van der Waals surface area contributed by atoms with Gasteiger partial charge in [-0.25, -0.2) is 4.68 Å². The number of hydrogen-bond acceptors (Lipinski definition) is 4. The first-order valence-corrected chi connectivity index (χ1v) is 7.33. The molecule has 1 fully saturated rings. The van der Waals surface area contributed by atoms with E-state index in [1.165, 1.54) is 5.39 Å². The Balaban J connectivity index is 1.68. The van der Waals surface area contributed by atoms with E-state index in [0.29, 0.717) is 0 Å². The lowest BCUT2D eigenvalue weighted by Gasteiger charge is -2.32. The van der Waals surface area contributed by atoms with Gasteiger partial charge in [0.15, 0.2) is 0 Å². The molecule has 0 saturated carbocycles. The Morgan fingerprint density at radius 3 is 2.90 bits per heavy atom. The molecule has 108 valence electrons. The second kappa shape index (κ2) is 5.26. The van der Waals surface area contributed by atoms with Crippen LogP contribution in [-0.2, 0) is 4.74 Å². The van der Waals surface area contributed by atoms with E-state index >= 15 is 0 Å². The van der Waals surface area contributed by atoms with Gasteiger partial charge in [-0.3, -0.25) is 0 Å². The van der Waals surface area contributed by atoms with Gasteiger partial charge in [0.2, 0.25) is 0 Å². The number of nitrogens with zero attached hydrogens (tertiary/aromatic N) is 3. The zero-order chi connectivity index (χ0) is 14.1. The lowest BCUT2D eigenvalue weighted by molar-refractivity contribution is 0.0505.